The molecule has 0 bridgehead atoms. The number of nitrogens with zero attached hydrogens (tertiary/aromatic N) is 3. The Labute approximate surface area is 142 Å². The predicted molar refractivity (Wildman–Crippen MR) is 89.5 cm³/mol. The number of hydrogen-bond acceptors (Lipinski definition) is 6. The van der Waals surface area contributed by atoms with Crippen LogP contribution in [0.2, 0.25) is 0 Å². The number of ether oxygens (including phenoxy) is 1. The van der Waals surface area contributed by atoms with Crippen LogP contribution in [-0.4, -0.2) is 45.2 Å². The molecule has 0 N–H and O–H groups in total. The van der Waals surface area contributed by atoms with Crippen LogP contribution in [-0.2, 0) is 4.74 Å². The average molecular weight is 347 g/mol. The molecule has 2 aromatic heterocycles. The molecule has 0 aromatic carbocycles. The van der Waals surface area contributed by atoms with E-state index in [0.717, 1.165) is 37.7 Å². The molecule has 3 heterocycles. The Hall–Kier alpha value is -2.35. The standard InChI is InChI=1S/C16H17N3O4S/c1-2-23-15(21)11-10-17-13-12(6-5-9-19(13)14(11)20)24-16(22)18-7-3-4-8-18/h5-6,9-10H,2-4,7-8H2,1H3. The highest BCUT2D eigenvalue weighted by Gasteiger charge is 2.21. The smallest absolute Gasteiger partial charge is 0.345 e. The molecule has 0 atom stereocenters. The molecule has 126 valence electrons. The second-order valence-corrected chi connectivity index (χ2v) is 6.32. The van der Waals surface area contributed by atoms with Gasteiger partial charge < -0.3 is 9.64 Å². The first-order valence-corrected chi connectivity index (χ1v) is 8.57. The minimum absolute atomic E-state index is 0.0516. The Bertz CT molecular complexity index is 843. The maximum atomic E-state index is 12.5. The van der Waals surface area contributed by atoms with E-state index in [4.69, 9.17) is 4.74 Å². The van der Waals surface area contributed by atoms with Crippen LogP contribution in [0.5, 0.6) is 0 Å². The van der Waals surface area contributed by atoms with Gasteiger partial charge in [0.2, 0.25) is 0 Å². The van der Waals surface area contributed by atoms with E-state index in [9.17, 15) is 14.4 Å². The van der Waals surface area contributed by atoms with Crippen LogP contribution in [0, 0.1) is 0 Å². The number of thioether (sulfide) groups is 1. The molecule has 8 heteroatoms. The zero-order valence-electron chi connectivity index (χ0n) is 13.2. The quantitative estimate of drug-likeness (QED) is 0.625. The van der Waals surface area contributed by atoms with Crippen LogP contribution < -0.4 is 5.56 Å². The lowest BCUT2D eigenvalue weighted by atomic mass is 10.3. The van der Waals surface area contributed by atoms with Crippen molar-refractivity contribution in [1.29, 1.82) is 0 Å². The molecule has 1 saturated heterocycles. The van der Waals surface area contributed by atoms with Crippen molar-refractivity contribution < 1.29 is 14.3 Å². The van der Waals surface area contributed by atoms with Crippen molar-refractivity contribution in [2.75, 3.05) is 19.7 Å². The summed E-state index contributed by atoms with van der Waals surface area (Å²) in [5, 5.41) is -0.0516. The van der Waals surface area contributed by atoms with Gasteiger partial charge in [-0.3, -0.25) is 14.0 Å². The topological polar surface area (TPSA) is 81.0 Å². The van der Waals surface area contributed by atoms with Gasteiger partial charge in [-0.25, -0.2) is 9.78 Å². The lowest BCUT2D eigenvalue weighted by molar-refractivity contribution is 0.0523. The number of pyridine rings is 1. The van der Waals surface area contributed by atoms with E-state index >= 15 is 0 Å². The summed E-state index contributed by atoms with van der Waals surface area (Å²) < 4.78 is 6.13. The number of rotatable bonds is 3. The maximum absolute atomic E-state index is 12.5. The minimum Gasteiger partial charge on any atom is -0.462 e. The summed E-state index contributed by atoms with van der Waals surface area (Å²) in [5.41, 5.74) is -0.273. The van der Waals surface area contributed by atoms with Crippen molar-refractivity contribution in [3.63, 3.8) is 0 Å². The lowest BCUT2D eigenvalue weighted by Gasteiger charge is -2.14. The van der Waals surface area contributed by atoms with Gasteiger partial charge in [0.25, 0.3) is 10.8 Å². The van der Waals surface area contributed by atoms with E-state index in [-0.39, 0.29) is 17.4 Å². The second kappa shape index (κ2) is 7.04. The third-order valence-corrected chi connectivity index (χ3v) is 4.72. The van der Waals surface area contributed by atoms with Crippen molar-refractivity contribution in [2.24, 2.45) is 0 Å². The Morgan fingerprint density at radius 1 is 1.33 bits per heavy atom. The summed E-state index contributed by atoms with van der Waals surface area (Å²) in [4.78, 5) is 43.1. The molecule has 0 saturated carbocycles. The van der Waals surface area contributed by atoms with E-state index < -0.39 is 11.5 Å². The Kier molecular flexibility index (Phi) is 4.84. The van der Waals surface area contributed by atoms with Crippen LogP contribution in [0.1, 0.15) is 30.1 Å². The van der Waals surface area contributed by atoms with Crippen molar-refractivity contribution in [3.05, 3.63) is 40.4 Å². The number of carbonyl (C=O) groups excluding carboxylic acids is 2. The number of likely N-dealkylation sites (tertiary alicyclic amines) is 1. The maximum Gasteiger partial charge on any atom is 0.345 e. The fourth-order valence-corrected chi connectivity index (χ4v) is 3.46. The summed E-state index contributed by atoms with van der Waals surface area (Å²) >= 11 is 1.05. The highest BCUT2D eigenvalue weighted by atomic mass is 32.2. The van der Waals surface area contributed by atoms with E-state index in [1.807, 2.05) is 0 Å². The van der Waals surface area contributed by atoms with Gasteiger partial charge in [0.15, 0.2) is 5.65 Å². The molecule has 24 heavy (non-hydrogen) atoms. The molecule has 0 unspecified atom stereocenters. The van der Waals surface area contributed by atoms with Gasteiger partial charge in [0, 0.05) is 25.5 Å². The molecule has 1 aliphatic rings. The van der Waals surface area contributed by atoms with Gasteiger partial charge in [0.1, 0.15) is 5.56 Å². The first-order chi connectivity index (χ1) is 11.6. The van der Waals surface area contributed by atoms with Crippen LogP contribution >= 0.6 is 11.8 Å². The Morgan fingerprint density at radius 3 is 2.79 bits per heavy atom. The number of amides is 1. The van der Waals surface area contributed by atoms with Gasteiger partial charge in [-0.05, 0) is 43.7 Å². The van der Waals surface area contributed by atoms with Crippen molar-refractivity contribution in [3.8, 4) is 0 Å². The molecular formula is C16H17N3O4S. The first-order valence-electron chi connectivity index (χ1n) is 7.76. The molecule has 3 rings (SSSR count). The molecule has 2 aromatic rings. The van der Waals surface area contributed by atoms with Gasteiger partial charge in [-0.2, -0.15) is 0 Å². The van der Waals surface area contributed by atoms with E-state index in [2.05, 4.69) is 4.98 Å². The molecule has 1 aliphatic heterocycles. The van der Waals surface area contributed by atoms with Gasteiger partial charge >= 0.3 is 5.97 Å². The molecule has 1 fully saturated rings. The largest absolute Gasteiger partial charge is 0.462 e. The molecule has 1 amide bonds. The highest BCUT2D eigenvalue weighted by Crippen LogP contribution is 2.26. The summed E-state index contributed by atoms with van der Waals surface area (Å²) in [6.07, 6.45) is 4.77. The molecule has 0 radical (unpaired) electrons. The van der Waals surface area contributed by atoms with Crippen LogP contribution in [0.4, 0.5) is 4.79 Å². The SMILES string of the molecule is CCOC(=O)c1cnc2c(SC(=O)N3CCCC3)cccn2c1=O. The average Bonchev–Trinajstić information content (AvgIpc) is 3.10. The van der Waals surface area contributed by atoms with Gasteiger partial charge in [-0.15, -0.1) is 0 Å². The summed E-state index contributed by atoms with van der Waals surface area (Å²) in [5.74, 6) is -0.699. The third-order valence-electron chi connectivity index (χ3n) is 3.75. The van der Waals surface area contributed by atoms with E-state index in [1.54, 1.807) is 24.0 Å². The van der Waals surface area contributed by atoms with Crippen molar-refractivity contribution >= 4 is 28.6 Å². The zero-order chi connectivity index (χ0) is 17.1. The number of esters is 1. The highest BCUT2D eigenvalue weighted by molar-refractivity contribution is 8.13. The second-order valence-electron chi connectivity index (χ2n) is 5.33. The number of hydrogen-bond donors (Lipinski definition) is 0. The fourth-order valence-electron chi connectivity index (χ4n) is 2.57. The zero-order valence-corrected chi connectivity index (χ0v) is 14.0. The van der Waals surface area contributed by atoms with Crippen LogP contribution in [0.15, 0.2) is 34.2 Å². The number of carbonyl (C=O) groups is 2. The molecule has 0 spiro atoms. The Balaban J connectivity index is 1.96. The minimum atomic E-state index is -0.699. The van der Waals surface area contributed by atoms with Crippen molar-refractivity contribution in [1.82, 2.24) is 14.3 Å². The summed E-state index contributed by atoms with van der Waals surface area (Å²) in [7, 11) is 0. The molecular weight excluding hydrogens is 330 g/mol. The lowest BCUT2D eigenvalue weighted by Crippen LogP contribution is -2.25. The Morgan fingerprint density at radius 2 is 2.08 bits per heavy atom. The number of aromatic nitrogens is 2. The van der Waals surface area contributed by atoms with Crippen molar-refractivity contribution in [2.45, 2.75) is 24.7 Å². The monoisotopic (exact) mass is 347 g/mol. The first kappa shape index (κ1) is 16.5. The molecule has 7 nitrogen and oxygen atoms in total. The van der Waals surface area contributed by atoms with Gasteiger partial charge in [0.05, 0.1) is 11.5 Å². The van der Waals surface area contributed by atoms with E-state index in [0.29, 0.717) is 10.5 Å². The third kappa shape index (κ3) is 3.14. The normalized spacial score (nSPS) is 14.1. The summed E-state index contributed by atoms with van der Waals surface area (Å²) in [6, 6.07) is 3.40. The van der Waals surface area contributed by atoms with Crippen LogP contribution in [0.25, 0.3) is 5.65 Å². The fraction of sp³-hybridized carbons (Fsp3) is 0.375. The summed E-state index contributed by atoms with van der Waals surface area (Å²) in [6.45, 7) is 3.37. The van der Waals surface area contributed by atoms with Gasteiger partial charge in [-0.1, -0.05) is 0 Å². The molecule has 0 aliphatic carbocycles. The van der Waals surface area contributed by atoms with Crippen LogP contribution in [0.3, 0.4) is 0 Å². The predicted octanol–water partition coefficient (Wildman–Crippen LogP) is 2.18. The number of fused-ring (bicyclic) bond motifs is 1. The van der Waals surface area contributed by atoms with E-state index in [1.165, 1.54) is 16.8 Å².